The highest BCUT2D eigenvalue weighted by atomic mass is 16.3. The molecular formula is C19H18N4O4. The number of aromatic nitrogens is 2. The third-order valence-electron chi connectivity index (χ3n) is 3.90. The van der Waals surface area contributed by atoms with Gasteiger partial charge in [0.05, 0.1) is 11.6 Å². The molecule has 27 heavy (non-hydrogen) atoms. The van der Waals surface area contributed by atoms with Crippen molar-refractivity contribution in [2.45, 2.75) is 19.9 Å². The lowest BCUT2D eigenvalue weighted by Crippen LogP contribution is -2.29. The zero-order chi connectivity index (χ0) is 19.4. The van der Waals surface area contributed by atoms with Crippen LogP contribution in [0.3, 0.4) is 0 Å². The molecule has 0 fully saturated rings. The van der Waals surface area contributed by atoms with Crippen LogP contribution >= 0.6 is 0 Å². The first-order valence-electron chi connectivity index (χ1n) is 8.36. The van der Waals surface area contributed by atoms with E-state index < -0.39 is 5.91 Å². The molecule has 0 bridgehead atoms. The fourth-order valence-electron chi connectivity index (χ4n) is 2.61. The third-order valence-corrected chi connectivity index (χ3v) is 3.90. The van der Waals surface area contributed by atoms with Crippen LogP contribution in [0.25, 0.3) is 10.8 Å². The lowest BCUT2D eigenvalue weighted by molar-refractivity contribution is 0.0949. The van der Waals surface area contributed by atoms with Crippen LogP contribution in [-0.4, -0.2) is 32.1 Å². The molecule has 3 rings (SSSR count). The van der Waals surface area contributed by atoms with E-state index in [-0.39, 0.29) is 22.8 Å². The van der Waals surface area contributed by atoms with Gasteiger partial charge in [0.15, 0.2) is 17.2 Å². The van der Waals surface area contributed by atoms with Crippen molar-refractivity contribution in [1.82, 2.24) is 15.2 Å². The average Bonchev–Trinajstić information content (AvgIpc) is 2.67. The average molecular weight is 366 g/mol. The Hall–Kier alpha value is -3.68. The fourth-order valence-corrected chi connectivity index (χ4v) is 2.61. The first kappa shape index (κ1) is 18.1. The van der Waals surface area contributed by atoms with Crippen molar-refractivity contribution >= 4 is 22.9 Å². The summed E-state index contributed by atoms with van der Waals surface area (Å²) in [5.41, 5.74) is 2.71. The molecule has 0 unspecified atom stereocenters. The number of hydrogen-bond donors (Lipinski definition) is 3. The van der Waals surface area contributed by atoms with Crippen LogP contribution < -0.4 is 11.0 Å². The number of benzene rings is 2. The van der Waals surface area contributed by atoms with Gasteiger partial charge in [0.1, 0.15) is 0 Å². The lowest BCUT2D eigenvalue weighted by atomic mass is 10.1. The molecule has 1 aromatic heterocycles. The van der Waals surface area contributed by atoms with Gasteiger partial charge in [0.25, 0.3) is 11.5 Å². The second-order valence-electron chi connectivity index (χ2n) is 5.87. The number of nitrogens with zero attached hydrogens (tertiary/aromatic N) is 3. The molecule has 0 atom stereocenters. The van der Waals surface area contributed by atoms with Crippen molar-refractivity contribution < 1.29 is 15.0 Å². The molecule has 8 heteroatoms. The van der Waals surface area contributed by atoms with Crippen LogP contribution in [0, 0.1) is 0 Å². The maximum atomic E-state index is 12.5. The van der Waals surface area contributed by atoms with Crippen LogP contribution in [0.2, 0.25) is 0 Å². The minimum absolute atomic E-state index is 0.101. The molecule has 2 aromatic carbocycles. The summed E-state index contributed by atoms with van der Waals surface area (Å²) in [6.07, 6.45) is 2.02. The summed E-state index contributed by atoms with van der Waals surface area (Å²) in [6, 6.07) is 10.9. The van der Waals surface area contributed by atoms with E-state index in [1.54, 1.807) is 24.3 Å². The van der Waals surface area contributed by atoms with Crippen molar-refractivity contribution in [3.63, 3.8) is 0 Å². The Morgan fingerprint density at radius 1 is 1.19 bits per heavy atom. The molecule has 0 spiro atoms. The maximum absolute atomic E-state index is 12.5. The Labute approximate surface area is 154 Å². The number of phenols is 2. The molecule has 0 saturated carbocycles. The van der Waals surface area contributed by atoms with Gasteiger partial charge in [0, 0.05) is 11.9 Å². The second kappa shape index (κ2) is 7.69. The van der Waals surface area contributed by atoms with E-state index in [2.05, 4.69) is 15.6 Å². The number of fused-ring (bicyclic) bond motifs is 1. The second-order valence-corrected chi connectivity index (χ2v) is 5.87. The van der Waals surface area contributed by atoms with Crippen molar-refractivity contribution in [2.75, 3.05) is 0 Å². The van der Waals surface area contributed by atoms with Gasteiger partial charge >= 0.3 is 0 Å². The van der Waals surface area contributed by atoms with Crippen LogP contribution in [0.15, 0.2) is 52.4 Å². The molecule has 0 radical (unpaired) electrons. The van der Waals surface area contributed by atoms with Gasteiger partial charge in [-0.25, -0.2) is 10.1 Å². The molecule has 0 saturated heterocycles. The van der Waals surface area contributed by atoms with E-state index in [1.165, 1.54) is 29.1 Å². The van der Waals surface area contributed by atoms with Gasteiger partial charge in [0.2, 0.25) is 0 Å². The van der Waals surface area contributed by atoms with Crippen LogP contribution in [-0.2, 0) is 6.54 Å². The van der Waals surface area contributed by atoms with Gasteiger partial charge in [-0.05, 0) is 36.2 Å². The Morgan fingerprint density at radius 2 is 1.93 bits per heavy atom. The largest absolute Gasteiger partial charge is 0.504 e. The van der Waals surface area contributed by atoms with E-state index in [1.807, 2.05) is 6.92 Å². The minimum atomic E-state index is -0.560. The number of phenolic OH excluding ortho intramolecular Hbond substituents is 2. The van der Waals surface area contributed by atoms with Crippen molar-refractivity contribution in [3.8, 4) is 11.5 Å². The van der Waals surface area contributed by atoms with Gasteiger partial charge in [-0.1, -0.05) is 25.1 Å². The third kappa shape index (κ3) is 3.79. The number of nitrogens with one attached hydrogen (secondary N) is 1. The summed E-state index contributed by atoms with van der Waals surface area (Å²) < 4.78 is 1.28. The predicted octanol–water partition coefficient (Wildman–Crippen LogP) is 1.98. The molecule has 0 aliphatic heterocycles. The van der Waals surface area contributed by atoms with Crippen LogP contribution in [0.4, 0.5) is 0 Å². The minimum Gasteiger partial charge on any atom is -0.504 e. The van der Waals surface area contributed by atoms with Gasteiger partial charge in [-0.15, -0.1) is 0 Å². The molecule has 3 N–H and O–H groups in total. The highest BCUT2D eigenvalue weighted by molar-refractivity contribution is 6.04. The standard InChI is InChI=1S/C19H18N4O4/c1-2-9-23-19(27)14-6-4-3-5-13(14)17(22-23)18(26)21-20-11-12-7-8-15(24)16(25)10-12/h3-8,10-11,24-25H,2,9H2,1H3,(H,21,26)/b20-11+. The van der Waals surface area contributed by atoms with E-state index in [0.29, 0.717) is 29.3 Å². The zero-order valence-corrected chi connectivity index (χ0v) is 14.6. The molecule has 138 valence electrons. The number of hydrogen-bond acceptors (Lipinski definition) is 6. The zero-order valence-electron chi connectivity index (χ0n) is 14.6. The number of rotatable bonds is 5. The Morgan fingerprint density at radius 3 is 2.63 bits per heavy atom. The number of amides is 1. The molecule has 0 aliphatic rings. The summed E-state index contributed by atoms with van der Waals surface area (Å²) in [7, 11) is 0. The predicted molar refractivity (Wildman–Crippen MR) is 101 cm³/mol. The number of aromatic hydroxyl groups is 2. The van der Waals surface area contributed by atoms with Crippen molar-refractivity contribution in [2.24, 2.45) is 5.10 Å². The summed E-state index contributed by atoms with van der Waals surface area (Å²) >= 11 is 0. The number of carbonyl (C=O) groups excluding carboxylic acids is 1. The topological polar surface area (TPSA) is 117 Å². The molecule has 8 nitrogen and oxygen atoms in total. The number of aryl methyl sites for hydroxylation is 1. The van der Waals surface area contributed by atoms with E-state index in [4.69, 9.17) is 0 Å². The quantitative estimate of drug-likeness (QED) is 0.363. The molecule has 1 amide bonds. The molecule has 1 heterocycles. The van der Waals surface area contributed by atoms with E-state index >= 15 is 0 Å². The van der Waals surface area contributed by atoms with E-state index in [0.717, 1.165) is 0 Å². The number of hydrazone groups is 1. The Kier molecular flexibility index (Phi) is 5.16. The monoisotopic (exact) mass is 366 g/mol. The summed E-state index contributed by atoms with van der Waals surface area (Å²) in [5.74, 6) is -1.09. The maximum Gasteiger partial charge on any atom is 0.292 e. The Bertz CT molecular complexity index is 1090. The normalized spacial score (nSPS) is 11.1. The molecule has 3 aromatic rings. The highest BCUT2D eigenvalue weighted by Crippen LogP contribution is 2.24. The lowest BCUT2D eigenvalue weighted by Gasteiger charge is -2.09. The van der Waals surface area contributed by atoms with Gasteiger partial charge in [-0.2, -0.15) is 10.2 Å². The van der Waals surface area contributed by atoms with Crippen LogP contribution in [0.1, 0.15) is 29.4 Å². The van der Waals surface area contributed by atoms with Crippen LogP contribution in [0.5, 0.6) is 11.5 Å². The Balaban J connectivity index is 1.91. The van der Waals surface area contributed by atoms with Crippen molar-refractivity contribution in [3.05, 3.63) is 64.1 Å². The SMILES string of the molecule is CCCn1nc(C(=O)N/N=C/c2ccc(O)c(O)c2)c2ccccc2c1=O. The number of carbonyl (C=O) groups is 1. The van der Waals surface area contributed by atoms with E-state index in [9.17, 15) is 19.8 Å². The van der Waals surface area contributed by atoms with Crippen molar-refractivity contribution in [1.29, 1.82) is 0 Å². The highest BCUT2D eigenvalue weighted by Gasteiger charge is 2.16. The van der Waals surface area contributed by atoms with Gasteiger partial charge in [-0.3, -0.25) is 9.59 Å². The molecule has 0 aliphatic carbocycles. The first-order chi connectivity index (χ1) is 13.0. The summed E-state index contributed by atoms with van der Waals surface area (Å²) in [6.45, 7) is 2.32. The smallest absolute Gasteiger partial charge is 0.292 e. The fraction of sp³-hybridized carbons (Fsp3) is 0.158. The first-order valence-corrected chi connectivity index (χ1v) is 8.36. The summed E-state index contributed by atoms with van der Waals surface area (Å²) in [5, 5.41) is 27.7. The summed E-state index contributed by atoms with van der Waals surface area (Å²) in [4.78, 5) is 25.0. The van der Waals surface area contributed by atoms with Gasteiger partial charge < -0.3 is 10.2 Å². The molecular weight excluding hydrogens is 348 g/mol.